The summed E-state index contributed by atoms with van der Waals surface area (Å²) in [7, 11) is 3.52. The van der Waals surface area contributed by atoms with E-state index in [1.54, 1.807) is 7.11 Å². The van der Waals surface area contributed by atoms with Gasteiger partial charge in [-0.25, -0.2) is 0 Å². The van der Waals surface area contributed by atoms with Crippen LogP contribution in [0.15, 0.2) is 23.2 Å². The van der Waals surface area contributed by atoms with E-state index in [4.69, 9.17) is 9.47 Å². The number of methoxy groups -OCH3 is 1. The van der Waals surface area contributed by atoms with Crippen molar-refractivity contribution in [2.45, 2.75) is 33.7 Å². The molecule has 5 nitrogen and oxygen atoms in total. The molecule has 1 N–H and O–H groups in total. The van der Waals surface area contributed by atoms with Gasteiger partial charge in [0.1, 0.15) is 0 Å². The quantitative estimate of drug-likeness (QED) is 0.664. The molecule has 2 atom stereocenters. The molecule has 1 saturated heterocycles. The Kier molecular flexibility index (Phi) is 6.76. The molecule has 0 aromatic heterocycles. The lowest BCUT2D eigenvalue weighted by molar-refractivity contribution is 0.208. The van der Waals surface area contributed by atoms with Crippen LogP contribution < -0.4 is 14.8 Å². The molecule has 0 spiro atoms. The van der Waals surface area contributed by atoms with E-state index in [1.165, 1.54) is 6.42 Å². The molecule has 2 rings (SSSR count). The molecule has 1 aromatic rings. The van der Waals surface area contributed by atoms with Gasteiger partial charge in [0.15, 0.2) is 17.5 Å². The van der Waals surface area contributed by atoms with Gasteiger partial charge in [-0.05, 0) is 42.9 Å². The number of nitrogens with zero attached hydrogens (tertiary/aromatic N) is 2. The molecule has 1 heterocycles. The van der Waals surface area contributed by atoms with E-state index in [0.717, 1.165) is 42.7 Å². The fourth-order valence-corrected chi connectivity index (χ4v) is 3.45. The van der Waals surface area contributed by atoms with Crippen molar-refractivity contribution >= 4 is 5.96 Å². The summed E-state index contributed by atoms with van der Waals surface area (Å²) in [5, 5.41) is 3.48. The van der Waals surface area contributed by atoms with Crippen molar-refractivity contribution in [2.75, 3.05) is 33.9 Å². The van der Waals surface area contributed by atoms with Crippen LogP contribution in [-0.4, -0.2) is 44.7 Å². The number of aliphatic imine (C=N–C) groups is 1. The average Bonchev–Trinajstić information content (AvgIpc) is 2.55. The van der Waals surface area contributed by atoms with Crippen LogP contribution in [0.3, 0.4) is 0 Å². The van der Waals surface area contributed by atoms with Crippen molar-refractivity contribution < 1.29 is 9.47 Å². The van der Waals surface area contributed by atoms with Crippen molar-refractivity contribution in [3.05, 3.63) is 23.8 Å². The van der Waals surface area contributed by atoms with E-state index in [0.29, 0.717) is 18.4 Å². The lowest BCUT2D eigenvalue weighted by Gasteiger charge is -2.37. The predicted molar refractivity (Wildman–Crippen MR) is 98.9 cm³/mol. The molecule has 24 heavy (non-hydrogen) atoms. The lowest BCUT2D eigenvalue weighted by Crippen LogP contribution is -2.48. The molecule has 134 valence electrons. The number of guanidine groups is 1. The average molecular weight is 333 g/mol. The molecule has 0 saturated carbocycles. The number of ether oxygens (including phenoxy) is 2. The fraction of sp³-hybridized carbons (Fsp3) is 0.632. The maximum absolute atomic E-state index is 5.65. The van der Waals surface area contributed by atoms with Crippen molar-refractivity contribution in [3.8, 4) is 11.5 Å². The zero-order valence-corrected chi connectivity index (χ0v) is 15.6. The largest absolute Gasteiger partial charge is 0.493 e. The van der Waals surface area contributed by atoms with E-state index >= 15 is 0 Å². The maximum Gasteiger partial charge on any atom is 0.193 e. The molecule has 1 aromatic carbocycles. The highest BCUT2D eigenvalue weighted by Gasteiger charge is 2.23. The minimum atomic E-state index is 0.623. The van der Waals surface area contributed by atoms with E-state index in [2.05, 4.69) is 35.1 Å². The van der Waals surface area contributed by atoms with Crippen LogP contribution in [0.25, 0.3) is 0 Å². The monoisotopic (exact) mass is 333 g/mol. The summed E-state index contributed by atoms with van der Waals surface area (Å²) in [5.74, 6) is 3.94. The number of hydrogen-bond donors (Lipinski definition) is 1. The first-order chi connectivity index (χ1) is 11.6. The summed E-state index contributed by atoms with van der Waals surface area (Å²) in [6.45, 7) is 10.1. The van der Waals surface area contributed by atoms with Crippen molar-refractivity contribution in [3.63, 3.8) is 0 Å². The normalized spacial score (nSPS) is 21.5. The third-order valence-electron chi connectivity index (χ3n) is 4.36. The summed E-state index contributed by atoms with van der Waals surface area (Å²) in [6.07, 6.45) is 1.30. The summed E-state index contributed by atoms with van der Waals surface area (Å²) in [4.78, 5) is 6.83. The third-order valence-corrected chi connectivity index (χ3v) is 4.36. The van der Waals surface area contributed by atoms with Gasteiger partial charge in [0.25, 0.3) is 0 Å². The van der Waals surface area contributed by atoms with Crippen LogP contribution in [0, 0.1) is 11.8 Å². The number of benzene rings is 1. The molecule has 5 heteroatoms. The van der Waals surface area contributed by atoms with E-state index in [-0.39, 0.29) is 0 Å². The highest BCUT2D eigenvalue weighted by molar-refractivity contribution is 5.80. The van der Waals surface area contributed by atoms with Crippen LogP contribution in [0.5, 0.6) is 11.5 Å². The molecule has 1 aliphatic heterocycles. The van der Waals surface area contributed by atoms with Gasteiger partial charge in [-0.15, -0.1) is 0 Å². The van der Waals surface area contributed by atoms with Gasteiger partial charge in [0.2, 0.25) is 0 Å². The van der Waals surface area contributed by atoms with Crippen molar-refractivity contribution in [1.82, 2.24) is 10.2 Å². The van der Waals surface area contributed by atoms with Gasteiger partial charge in [0, 0.05) is 26.7 Å². The maximum atomic E-state index is 5.65. The Balaban J connectivity index is 2.01. The number of likely N-dealkylation sites (tertiary alicyclic amines) is 1. The standard InChI is InChI=1S/C19H31N3O2/c1-6-24-18-10-16(7-8-17(18)23-5)11-21-19(20-4)22-12-14(2)9-15(3)13-22/h7-8,10,14-15H,6,9,11-13H2,1-5H3,(H,20,21). The van der Waals surface area contributed by atoms with Crippen LogP contribution in [0.4, 0.5) is 0 Å². The Morgan fingerprint density at radius 2 is 1.96 bits per heavy atom. The molecular weight excluding hydrogens is 302 g/mol. The van der Waals surface area contributed by atoms with Gasteiger partial charge in [0.05, 0.1) is 13.7 Å². The van der Waals surface area contributed by atoms with E-state index in [9.17, 15) is 0 Å². The van der Waals surface area contributed by atoms with Crippen LogP contribution in [0.2, 0.25) is 0 Å². The molecule has 2 unspecified atom stereocenters. The van der Waals surface area contributed by atoms with E-state index < -0.39 is 0 Å². The number of rotatable bonds is 5. The van der Waals surface area contributed by atoms with Crippen LogP contribution in [-0.2, 0) is 6.54 Å². The second-order valence-corrected chi connectivity index (χ2v) is 6.67. The second-order valence-electron chi connectivity index (χ2n) is 6.67. The summed E-state index contributed by atoms with van der Waals surface area (Å²) in [6, 6.07) is 6.04. The van der Waals surface area contributed by atoms with Crippen molar-refractivity contribution in [1.29, 1.82) is 0 Å². The first kappa shape index (κ1) is 18.4. The Bertz CT molecular complexity index is 550. The fourth-order valence-electron chi connectivity index (χ4n) is 3.45. The van der Waals surface area contributed by atoms with Crippen LogP contribution >= 0.6 is 0 Å². The first-order valence-corrected chi connectivity index (χ1v) is 8.82. The predicted octanol–water partition coefficient (Wildman–Crippen LogP) is 3.15. The molecule has 1 aliphatic rings. The highest BCUT2D eigenvalue weighted by atomic mass is 16.5. The van der Waals surface area contributed by atoms with Gasteiger partial charge in [-0.2, -0.15) is 0 Å². The van der Waals surface area contributed by atoms with Crippen LogP contribution in [0.1, 0.15) is 32.8 Å². The summed E-state index contributed by atoms with van der Waals surface area (Å²) >= 11 is 0. The molecule has 1 fully saturated rings. The lowest BCUT2D eigenvalue weighted by atomic mass is 9.92. The Morgan fingerprint density at radius 3 is 2.54 bits per heavy atom. The molecular formula is C19H31N3O2. The van der Waals surface area contributed by atoms with E-state index in [1.807, 2.05) is 26.1 Å². The Hall–Kier alpha value is -1.91. The number of hydrogen-bond acceptors (Lipinski definition) is 3. The van der Waals surface area contributed by atoms with Gasteiger partial charge in [-0.3, -0.25) is 4.99 Å². The number of nitrogens with one attached hydrogen (secondary N) is 1. The summed E-state index contributed by atoms with van der Waals surface area (Å²) < 4.78 is 11.0. The topological polar surface area (TPSA) is 46.1 Å². The minimum Gasteiger partial charge on any atom is -0.493 e. The molecule has 0 amide bonds. The SMILES string of the molecule is CCOc1cc(CNC(=NC)N2CC(C)CC(C)C2)ccc1OC. The summed E-state index contributed by atoms with van der Waals surface area (Å²) in [5.41, 5.74) is 1.15. The zero-order valence-electron chi connectivity index (χ0n) is 15.6. The molecule has 0 aliphatic carbocycles. The van der Waals surface area contributed by atoms with Gasteiger partial charge < -0.3 is 19.7 Å². The molecule has 0 bridgehead atoms. The Morgan fingerprint density at radius 1 is 1.25 bits per heavy atom. The smallest absolute Gasteiger partial charge is 0.193 e. The first-order valence-electron chi connectivity index (χ1n) is 8.82. The van der Waals surface area contributed by atoms with Gasteiger partial charge >= 0.3 is 0 Å². The Labute approximate surface area is 146 Å². The zero-order chi connectivity index (χ0) is 17.5. The highest BCUT2D eigenvalue weighted by Crippen LogP contribution is 2.28. The molecule has 0 radical (unpaired) electrons. The second kappa shape index (κ2) is 8.81. The third kappa shape index (κ3) is 4.79. The van der Waals surface area contributed by atoms with Crippen molar-refractivity contribution in [2.24, 2.45) is 16.8 Å². The number of piperidine rings is 1. The minimum absolute atomic E-state index is 0.623. The van der Waals surface area contributed by atoms with Gasteiger partial charge in [-0.1, -0.05) is 19.9 Å².